The zero-order valence-corrected chi connectivity index (χ0v) is 24.2. The van der Waals surface area contributed by atoms with Gasteiger partial charge in [-0.2, -0.15) is 0 Å². The second-order valence-electron chi connectivity index (χ2n) is 10.5. The predicted molar refractivity (Wildman–Crippen MR) is 134 cm³/mol. The molecule has 0 unspecified atom stereocenters. The molecule has 0 aromatic carbocycles. The molecule has 2 atom stereocenters. The maximum absolute atomic E-state index is 12.8. The van der Waals surface area contributed by atoms with E-state index in [4.69, 9.17) is 4.74 Å². The van der Waals surface area contributed by atoms with Crippen LogP contribution in [-0.4, -0.2) is 36.7 Å². The average Bonchev–Trinajstić information content (AvgIpc) is 2.73. The van der Waals surface area contributed by atoms with Gasteiger partial charge in [0.1, 0.15) is 0 Å². The van der Waals surface area contributed by atoms with Gasteiger partial charge in [0.05, 0.1) is 0 Å². The van der Waals surface area contributed by atoms with Crippen LogP contribution < -0.4 is 0 Å². The molecule has 0 aliphatic heterocycles. The minimum absolute atomic E-state index is 0.0541. The molecular formula is C27H50O3Sn. The van der Waals surface area contributed by atoms with Crippen LogP contribution in [0.15, 0.2) is 0 Å². The Bertz CT molecular complexity index is 497. The van der Waals surface area contributed by atoms with Crippen LogP contribution in [0.2, 0.25) is 17.7 Å². The van der Waals surface area contributed by atoms with Crippen molar-refractivity contribution in [2.75, 3.05) is 6.61 Å². The zero-order valence-electron chi connectivity index (χ0n) is 21.3. The summed E-state index contributed by atoms with van der Waals surface area (Å²) < 4.78 is 11.1. The van der Waals surface area contributed by atoms with Crippen LogP contribution in [0.25, 0.3) is 0 Å². The molecule has 0 amide bonds. The summed E-state index contributed by atoms with van der Waals surface area (Å²) in [5.41, 5.74) is -0.0541. The fourth-order valence-electron chi connectivity index (χ4n) is 5.44. The summed E-state index contributed by atoms with van der Waals surface area (Å²) in [6.45, 7) is 11.4. The van der Waals surface area contributed by atoms with Gasteiger partial charge in [-0.05, 0) is 0 Å². The normalized spacial score (nSPS) is 20.6. The molecule has 0 aromatic rings. The predicted octanol–water partition coefficient (Wildman–Crippen LogP) is 8.03. The minimum atomic E-state index is -2.26. The van der Waals surface area contributed by atoms with Crippen molar-refractivity contribution in [1.82, 2.24) is 0 Å². The number of carbonyl (C=O) groups excluding carboxylic acids is 2. The molecule has 180 valence electrons. The van der Waals surface area contributed by atoms with E-state index in [0.717, 1.165) is 19.3 Å². The molecular weight excluding hydrogens is 491 g/mol. The molecule has 31 heavy (non-hydrogen) atoms. The van der Waals surface area contributed by atoms with Crippen LogP contribution in [0.5, 0.6) is 0 Å². The quantitative estimate of drug-likeness (QED) is 0.138. The topological polar surface area (TPSA) is 43.4 Å². The summed E-state index contributed by atoms with van der Waals surface area (Å²) in [6.07, 6.45) is 16.6. The molecule has 0 spiro atoms. The molecule has 0 N–H and O–H groups in total. The van der Waals surface area contributed by atoms with E-state index < -0.39 is 18.4 Å². The maximum atomic E-state index is 12.8. The Hall–Kier alpha value is -0.0613. The fraction of sp³-hybridized carbons (Fsp3) is 0.889. The number of hydrogen-bond acceptors (Lipinski definition) is 3. The van der Waals surface area contributed by atoms with Crippen molar-refractivity contribution in [1.29, 1.82) is 0 Å². The van der Waals surface area contributed by atoms with Crippen molar-refractivity contribution in [3.63, 3.8) is 0 Å². The van der Waals surface area contributed by atoms with E-state index in [0.29, 0.717) is 31.7 Å². The molecule has 0 bridgehead atoms. The first-order valence-corrected chi connectivity index (χ1v) is 21.3. The van der Waals surface area contributed by atoms with Gasteiger partial charge in [-0.15, -0.1) is 0 Å². The second kappa shape index (κ2) is 15.7. The van der Waals surface area contributed by atoms with Gasteiger partial charge < -0.3 is 0 Å². The first kappa shape index (κ1) is 29.0. The summed E-state index contributed by atoms with van der Waals surface area (Å²) in [4.78, 5) is 24.9. The molecule has 2 radical (unpaired) electrons. The van der Waals surface area contributed by atoms with Crippen molar-refractivity contribution in [3.05, 3.63) is 6.42 Å². The number of unbranched alkanes of at least 4 members (excludes halogenated alkanes) is 3. The average molecular weight is 541 g/mol. The molecule has 0 aromatic heterocycles. The molecule has 1 fully saturated rings. The number of carbonyl (C=O) groups is 2. The Kier molecular flexibility index (Phi) is 14.7. The van der Waals surface area contributed by atoms with Crippen LogP contribution in [-0.2, 0) is 14.3 Å². The van der Waals surface area contributed by atoms with E-state index in [-0.39, 0.29) is 17.3 Å². The van der Waals surface area contributed by atoms with Crippen LogP contribution in [0, 0.1) is 17.8 Å². The molecule has 1 aliphatic rings. The van der Waals surface area contributed by atoms with Gasteiger partial charge in [0, 0.05) is 0 Å². The van der Waals surface area contributed by atoms with Crippen LogP contribution in [0.4, 0.5) is 0 Å². The van der Waals surface area contributed by atoms with E-state index >= 15 is 0 Å². The second-order valence-corrected chi connectivity index (χ2v) is 24.3. The van der Waals surface area contributed by atoms with Crippen LogP contribution >= 0.6 is 0 Å². The third-order valence-electron chi connectivity index (χ3n) is 7.29. The van der Waals surface area contributed by atoms with Gasteiger partial charge in [-0.1, -0.05) is 0 Å². The third kappa shape index (κ3) is 11.1. The summed E-state index contributed by atoms with van der Waals surface area (Å²) in [6, 6.07) is 0. The first-order chi connectivity index (χ1) is 14.8. The van der Waals surface area contributed by atoms with Gasteiger partial charge in [0.2, 0.25) is 0 Å². The molecule has 1 rings (SSSR count). The van der Waals surface area contributed by atoms with E-state index in [9.17, 15) is 9.59 Å². The van der Waals surface area contributed by atoms with Crippen LogP contribution in [0.1, 0.15) is 112 Å². The van der Waals surface area contributed by atoms with E-state index in [1.807, 2.05) is 6.92 Å². The van der Waals surface area contributed by atoms with Crippen molar-refractivity contribution < 1.29 is 14.3 Å². The van der Waals surface area contributed by atoms with Gasteiger partial charge in [-0.25, -0.2) is 0 Å². The van der Waals surface area contributed by atoms with Crippen molar-refractivity contribution in [2.24, 2.45) is 11.3 Å². The van der Waals surface area contributed by atoms with Crippen molar-refractivity contribution in [3.8, 4) is 0 Å². The Labute approximate surface area is 197 Å². The summed E-state index contributed by atoms with van der Waals surface area (Å²) in [7, 11) is 0. The fourth-order valence-corrected chi connectivity index (χ4v) is 20.5. The number of hydrogen-bond donors (Lipinski definition) is 0. The first-order valence-electron chi connectivity index (χ1n) is 13.2. The van der Waals surface area contributed by atoms with Crippen LogP contribution in [0.3, 0.4) is 0 Å². The van der Waals surface area contributed by atoms with Crippen molar-refractivity contribution >= 4 is 30.1 Å². The molecule has 1 saturated carbocycles. The molecule has 0 saturated heterocycles. The van der Waals surface area contributed by atoms with E-state index in [1.54, 1.807) is 0 Å². The number of Topliss-reactive ketones (excluding diaryl/α,β-unsaturated/α-hetero) is 1. The van der Waals surface area contributed by atoms with Gasteiger partial charge in [-0.3, -0.25) is 0 Å². The van der Waals surface area contributed by atoms with E-state index in [1.165, 1.54) is 56.3 Å². The summed E-state index contributed by atoms with van der Waals surface area (Å²) in [5.74, 6) is 0.146. The SMILES string of the molecule is CCC[CH2][Sn]([CH2][C]C[C@@H](C[C@@]1(C)CCCC(=O)C1)C(=O)OCC)([CH2]CCC)[CH2]CCC. The molecule has 3 nitrogen and oxygen atoms in total. The van der Waals surface area contributed by atoms with Gasteiger partial charge >= 0.3 is 198 Å². The molecule has 1 aliphatic carbocycles. The summed E-state index contributed by atoms with van der Waals surface area (Å²) >= 11 is -2.26. The third-order valence-corrected chi connectivity index (χ3v) is 22.3. The van der Waals surface area contributed by atoms with Crippen molar-refractivity contribution in [2.45, 2.75) is 129 Å². The number of ketones is 1. The Morgan fingerprint density at radius 1 is 1.06 bits per heavy atom. The zero-order chi connectivity index (χ0) is 23.2. The summed E-state index contributed by atoms with van der Waals surface area (Å²) in [5, 5.41) is 0. The number of ether oxygens (including phenoxy) is 1. The van der Waals surface area contributed by atoms with Gasteiger partial charge in [0.15, 0.2) is 0 Å². The van der Waals surface area contributed by atoms with E-state index in [2.05, 4.69) is 34.1 Å². The Balaban J connectivity index is 2.83. The monoisotopic (exact) mass is 542 g/mol. The number of rotatable bonds is 17. The Morgan fingerprint density at radius 2 is 1.65 bits per heavy atom. The number of esters is 1. The molecule has 0 heterocycles. The Morgan fingerprint density at radius 3 is 2.13 bits per heavy atom. The standard InChI is InChI=1S/C15H23O3.3C4H9.Sn/c1-4-7-12(14(17)18-5-2)10-15(3)9-6-8-13(16)11-15;3*1-3-4-2;/h12H,1,5-11H2,2-3H3;3*1,3-4H2,2H3;/t12-,15+;;;;/m0..../s1. The van der Waals surface area contributed by atoms with Gasteiger partial charge in [0.25, 0.3) is 0 Å². The molecule has 4 heteroatoms.